The van der Waals surface area contributed by atoms with Crippen molar-refractivity contribution in [2.45, 2.75) is 39.8 Å². The number of guanidine groups is 1. The molecule has 162 valence electrons. The van der Waals surface area contributed by atoms with Crippen molar-refractivity contribution >= 4 is 29.9 Å². The molecule has 28 heavy (non-hydrogen) atoms. The summed E-state index contributed by atoms with van der Waals surface area (Å²) in [5, 5.41) is 6.36. The monoisotopic (exact) mass is 514 g/mol. The van der Waals surface area contributed by atoms with Crippen LogP contribution in [-0.2, 0) is 6.54 Å². The fraction of sp³-hybridized carbons (Fsp3) is 0.632. The molecule has 0 unspecified atom stereocenters. The minimum atomic E-state index is -2.87. The molecule has 0 aliphatic rings. The Labute approximate surface area is 184 Å². The molecule has 0 bridgehead atoms. The molecule has 0 aliphatic carbocycles. The summed E-state index contributed by atoms with van der Waals surface area (Å²) in [6.45, 7) is 5.75. The second kappa shape index (κ2) is 15.5. The highest BCUT2D eigenvalue weighted by Gasteiger charge is 2.11. The Balaban J connectivity index is 0.00000729. The fourth-order valence-corrected chi connectivity index (χ4v) is 2.64. The number of alkyl halides is 2. The van der Waals surface area contributed by atoms with Gasteiger partial charge >= 0.3 is 6.61 Å². The van der Waals surface area contributed by atoms with Gasteiger partial charge in [0.05, 0.1) is 7.11 Å². The average molecular weight is 514 g/mol. The quantitative estimate of drug-likeness (QED) is 0.193. The number of benzene rings is 1. The molecule has 1 rings (SSSR count). The Morgan fingerprint density at radius 2 is 1.89 bits per heavy atom. The van der Waals surface area contributed by atoms with Crippen molar-refractivity contribution in [3.05, 3.63) is 23.8 Å². The smallest absolute Gasteiger partial charge is 0.387 e. The average Bonchev–Trinajstić information content (AvgIpc) is 2.67. The summed E-state index contributed by atoms with van der Waals surface area (Å²) in [5.74, 6) is 1.31. The zero-order valence-electron chi connectivity index (χ0n) is 17.1. The van der Waals surface area contributed by atoms with Crippen LogP contribution in [0.2, 0.25) is 0 Å². The van der Waals surface area contributed by atoms with Crippen LogP contribution in [0.5, 0.6) is 11.5 Å². The standard InChI is InChI=1S/C19H32F2N4O2.HI/c1-5-25(6-2)12-8-7-11-23-19(22-3)24-14-15-13-16(26-4)9-10-17(15)27-18(20)21;/h9-10,13,18H,5-8,11-12,14H2,1-4H3,(H2,22,23,24);1H. The van der Waals surface area contributed by atoms with Gasteiger partial charge in [-0.2, -0.15) is 8.78 Å². The first-order valence-electron chi connectivity index (χ1n) is 9.32. The molecule has 0 aliphatic heterocycles. The number of methoxy groups -OCH3 is 1. The lowest BCUT2D eigenvalue weighted by molar-refractivity contribution is -0.0504. The third-order valence-corrected chi connectivity index (χ3v) is 4.24. The molecule has 0 heterocycles. The number of nitrogens with one attached hydrogen (secondary N) is 2. The number of aliphatic imine (C=N–C) groups is 1. The second-order valence-corrected chi connectivity index (χ2v) is 5.94. The van der Waals surface area contributed by atoms with Crippen LogP contribution >= 0.6 is 24.0 Å². The third-order valence-electron chi connectivity index (χ3n) is 4.24. The Morgan fingerprint density at radius 1 is 1.18 bits per heavy atom. The van der Waals surface area contributed by atoms with Gasteiger partial charge in [-0.1, -0.05) is 13.8 Å². The molecule has 1 aromatic carbocycles. The van der Waals surface area contributed by atoms with Gasteiger partial charge in [-0.3, -0.25) is 4.99 Å². The van der Waals surface area contributed by atoms with Crippen LogP contribution in [0.15, 0.2) is 23.2 Å². The molecule has 0 fully saturated rings. The largest absolute Gasteiger partial charge is 0.497 e. The topological polar surface area (TPSA) is 58.1 Å². The lowest BCUT2D eigenvalue weighted by atomic mass is 10.2. The van der Waals surface area contributed by atoms with E-state index in [9.17, 15) is 8.78 Å². The summed E-state index contributed by atoms with van der Waals surface area (Å²) >= 11 is 0. The van der Waals surface area contributed by atoms with Gasteiger partial charge < -0.3 is 25.0 Å². The van der Waals surface area contributed by atoms with Gasteiger partial charge in [-0.25, -0.2) is 0 Å². The van der Waals surface area contributed by atoms with Crippen molar-refractivity contribution < 1.29 is 18.3 Å². The van der Waals surface area contributed by atoms with Crippen molar-refractivity contribution in [2.24, 2.45) is 4.99 Å². The summed E-state index contributed by atoms with van der Waals surface area (Å²) in [6, 6.07) is 4.73. The Morgan fingerprint density at radius 3 is 2.46 bits per heavy atom. The van der Waals surface area contributed by atoms with E-state index < -0.39 is 6.61 Å². The number of halogens is 3. The van der Waals surface area contributed by atoms with Crippen LogP contribution in [0.25, 0.3) is 0 Å². The lowest BCUT2D eigenvalue weighted by Gasteiger charge is -2.18. The van der Waals surface area contributed by atoms with Crippen LogP contribution in [-0.4, -0.2) is 57.8 Å². The predicted molar refractivity (Wildman–Crippen MR) is 120 cm³/mol. The van der Waals surface area contributed by atoms with E-state index in [1.54, 1.807) is 19.2 Å². The number of hydrogen-bond donors (Lipinski definition) is 2. The molecular weight excluding hydrogens is 481 g/mol. The number of ether oxygens (including phenoxy) is 2. The van der Waals surface area contributed by atoms with E-state index in [2.05, 4.69) is 39.1 Å². The number of unbranched alkanes of at least 4 members (excludes halogenated alkanes) is 1. The second-order valence-electron chi connectivity index (χ2n) is 5.94. The first-order chi connectivity index (χ1) is 13.0. The minimum Gasteiger partial charge on any atom is -0.497 e. The van der Waals surface area contributed by atoms with Crippen molar-refractivity contribution in [2.75, 3.05) is 40.3 Å². The third kappa shape index (κ3) is 10.3. The molecule has 0 amide bonds. The highest BCUT2D eigenvalue weighted by atomic mass is 127. The highest BCUT2D eigenvalue weighted by Crippen LogP contribution is 2.25. The number of nitrogens with zero attached hydrogens (tertiary/aromatic N) is 2. The van der Waals surface area contributed by atoms with Crippen molar-refractivity contribution in [3.8, 4) is 11.5 Å². The van der Waals surface area contributed by atoms with E-state index in [1.807, 2.05) is 0 Å². The molecule has 0 spiro atoms. The van der Waals surface area contributed by atoms with Crippen LogP contribution in [0.3, 0.4) is 0 Å². The molecule has 0 saturated heterocycles. The molecule has 2 N–H and O–H groups in total. The zero-order valence-corrected chi connectivity index (χ0v) is 19.5. The van der Waals surface area contributed by atoms with Gasteiger partial charge in [0, 0.05) is 25.7 Å². The summed E-state index contributed by atoms with van der Waals surface area (Å²) < 4.78 is 34.9. The van der Waals surface area contributed by atoms with Gasteiger partial charge in [0.1, 0.15) is 11.5 Å². The summed E-state index contributed by atoms with van der Waals surface area (Å²) in [7, 11) is 3.20. The van der Waals surface area contributed by atoms with E-state index in [0.29, 0.717) is 23.8 Å². The maximum Gasteiger partial charge on any atom is 0.387 e. The fourth-order valence-electron chi connectivity index (χ4n) is 2.64. The first-order valence-corrected chi connectivity index (χ1v) is 9.32. The Kier molecular flexibility index (Phi) is 14.8. The van der Waals surface area contributed by atoms with Crippen molar-refractivity contribution in [1.82, 2.24) is 15.5 Å². The van der Waals surface area contributed by atoms with E-state index in [1.165, 1.54) is 13.2 Å². The lowest BCUT2D eigenvalue weighted by Crippen LogP contribution is -2.37. The van der Waals surface area contributed by atoms with E-state index in [0.717, 1.165) is 39.0 Å². The summed E-state index contributed by atoms with van der Waals surface area (Å²) in [5.41, 5.74) is 0.569. The molecule has 0 atom stereocenters. The molecular formula is C19H33F2IN4O2. The van der Waals surface area contributed by atoms with Gasteiger partial charge in [-0.05, 0) is 50.7 Å². The van der Waals surface area contributed by atoms with E-state index in [4.69, 9.17) is 4.74 Å². The zero-order chi connectivity index (χ0) is 20.1. The maximum atomic E-state index is 12.6. The number of rotatable bonds is 12. The predicted octanol–water partition coefficient (Wildman–Crippen LogP) is 3.70. The molecule has 0 radical (unpaired) electrons. The summed E-state index contributed by atoms with van der Waals surface area (Å²) in [6.07, 6.45) is 2.13. The van der Waals surface area contributed by atoms with Gasteiger partial charge in [0.2, 0.25) is 0 Å². The molecule has 6 nitrogen and oxygen atoms in total. The minimum absolute atomic E-state index is 0. The molecule has 0 aromatic heterocycles. The Bertz CT molecular complexity index is 573. The number of hydrogen-bond acceptors (Lipinski definition) is 4. The molecule has 1 aromatic rings. The van der Waals surface area contributed by atoms with Crippen LogP contribution < -0.4 is 20.1 Å². The SMILES string of the molecule is CCN(CC)CCCCNC(=NC)NCc1cc(OC)ccc1OC(F)F.I. The van der Waals surface area contributed by atoms with E-state index in [-0.39, 0.29) is 29.7 Å². The summed E-state index contributed by atoms with van der Waals surface area (Å²) in [4.78, 5) is 6.55. The Hall–Kier alpha value is -1.36. The van der Waals surface area contributed by atoms with Crippen molar-refractivity contribution in [3.63, 3.8) is 0 Å². The van der Waals surface area contributed by atoms with Crippen LogP contribution in [0.1, 0.15) is 32.3 Å². The van der Waals surface area contributed by atoms with Crippen LogP contribution in [0.4, 0.5) is 8.78 Å². The first kappa shape index (κ1) is 26.6. The van der Waals surface area contributed by atoms with E-state index >= 15 is 0 Å². The van der Waals surface area contributed by atoms with Gasteiger partial charge in [-0.15, -0.1) is 24.0 Å². The van der Waals surface area contributed by atoms with Gasteiger partial charge in [0.25, 0.3) is 0 Å². The normalized spacial score (nSPS) is 11.4. The highest BCUT2D eigenvalue weighted by molar-refractivity contribution is 14.0. The van der Waals surface area contributed by atoms with Crippen molar-refractivity contribution in [1.29, 1.82) is 0 Å². The van der Waals surface area contributed by atoms with Crippen LogP contribution in [0, 0.1) is 0 Å². The van der Waals surface area contributed by atoms with Gasteiger partial charge in [0.15, 0.2) is 5.96 Å². The molecule has 0 saturated carbocycles. The maximum absolute atomic E-state index is 12.6. The molecule has 9 heteroatoms.